The minimum absolute atomic E-state index is 0.0616. The predicted octanol–water partition coefficient (Wildman–Crippen LogP) is 4.15. The Morgan fingerprint density at radius 3 is 2.39 bits per heavy atom. The number of rotatable bonds is 8. The van der Waals surface area contributed by atoms with Crippen molar-refractivity contribution in [2.45, 2.75) is 39.0 Å². The molecule has 174 valence electrons. The van der Waals surface area contributed by atoms with Crippen molar-refractivity contribution in [2.24, 2.45) is 0 Å². The van der Waals surface area contributed by atoms with Gasteiger partial charge in [-0.1, -0.05) is 24.2 Å². The fourth-order valence-electron chi connectivity index (χ4n) is 3.25. The number of ether oxygens (including phenoxy) is 1. The van der Waals surface area contributed by atoms with Gasteiger partial charge in [-0.2, -0.15) is 0 Å². The van der Waals surface area contributed by atoms with Gasteiger partial charge in [0.2, 0.25) is 11.8 Å². The molecule has 0 saturated heterocycles. The Hall–Kier alpha value is -3.66. The van der Waals surface area contributed by atoms with Gasteiger partial charge in [-0.05, 0) is 61.7 Å². The van der Waals surface area contributed by atoms with Crippen molar-refractivity contribution in [1.29, 1.82) is 0 Å². The molecule has 1 amide bonds. The number of carbonyl (C=O) groups excluding carboxylic acids is 2. The van der Waals surface area contributed by atoms with Crippen LogP contribution in [0.4, 0.5) is 11.6 Å². The van der Waals surface area contributed by atoms with Crippen LogP contribution in [-0.2, 0) is 26.0 Å². The number of esters is 1. The Bertz CT molecular complexity index is 1280. The summed E-state index contributed by atoms with van der Waals surface area (Å²) in [5.41, 5.74) is 2.82. The third-order valence-corrected chi connectivity index (χ3v) is 6.33. The lowest BCUT2D eigenvalue weighted by Crippen LogP contribution is -2.15. The van der Waals surface area contributed by atoms with Gasteiger partial charge in [-0.3, -0.25) is 14.8 Å². The quantitative estimate of drug-likeness (QED) is 0.472. The molecule has 0 aliphatic heterocycles. The van der Waals surface area contributed by atoms with E-state index >= 15 is 0 Å². The van der Waals surface area contributed by atoms with E-state index in [4.69, 9.17) is 9.26 Å². The molecule has 3 aromatic rings. The standard InChI is InChI=1S/C23H25N3O6S/c1-5-19-21(22(32-25-19)24-15(4)27)17-8-7-14(3)20(13-17)33(29,30)26-18-11-9-16(10-12-18)23(28)31-6-2/h7-13,26H,5-6H2,1-4H3,(H,24,27). The molecule has 0 saturated carbocycles. The van der Waals surface area contributed by atoms with E-state index in [-0.39, 0.29) is 23.3 Å². The molecule has 3 rings (SSSR count). The first-order chi connectivity index (χ1) is 15.7. The fraction of sp³-hybridized carbons (Fsp3) is 0.261. The van der Waals surface area contributed by atoms with Crippen molar-refractivity contribution in [3.63, 3.8) is 0 Å². The number of aromatic nitrogens is 1. The number of aryl methyl sites for hydroxylation is 2. The van der Waals surface area contributed by atoms with Crippen LogP contribution in [0.1, 0.15) is 42.4 Å². The average molecular weight is 472 g/mol. The molecule has 0 unspecified atom stereocenters. The minimum Gasteiger partial charge on any atom is -0.462 e. The Kier molecular flexibility index (Phi) is 7.17. The molecule has 9 nitrogen and oxygen atoms in total. The number of benzene rings is 2. The number of nitrogens with one attached hydrogen (secondary N) is 2. The Balaban J connectivity index is 1.96. The van der Waals surface area contributed by atoms with Gasteiger partial charge in [0, 0.05) is 12.6 Å². The number of amides is 1. The molecule has 1 aromatic heterocycles. The Morgan fingerprint density at radius 1 is 1.09 bits per heavy atom. The van der Waals surface area contributed by atoms with Crippen LogP contribution in [0, 0.1) is 6.92 Å². The molecular weight excluding hydrogens is 446 g/mol. The third-order valence-electron chi connectivity index (χ3n) is 4.80. The van der Waals surface area contributed by atoms with Crippen LogP contribution in [0.5, 0.6) is 0 Å². The molecule has 2 N–H and O–H groups in total. The van der Waals surface area contributed by atoms with E-state index in [1.807, 2.05) is 6.92 Å². The van der Waals surface area contributed by atoms with Crippen molar-refractivity contribution >= 4 is 33.5 Å². The highest BCUT2D eigenvalue weighted by molar-refractivity contribution is 7.92. The van der Waals surface area contributed by atoms with Crippen LogP contribution in [0.3, 0.4) is 0 Å². The van der Waals surface area contributed by atoms with E-state index in [0.717, 1.165) is 0 Å². The van der Waals surface area contributed by atoms with Gasteiger partial charge in [-0.25, -0.2) is 13.2 Å². The van der Waals surface area contributed by atoms with Crippen molar-refractivity contribution < 1.29 is 27.3 Å². The van der Waals surface area contributed by atoms with E-state index in [0.29, 0.717) is 40.1 Å². The zero-order valence-corrected chi connectivity index (χ0v) is 19.6. The van der Waals surface area contributed by atoms with Crippen LogP contribution in [0.15, 0.2) is 51.9 Å². The molecule has 0 aliphatic carbocycles. The summed E-state index contributed by atoms with van der Waals surface area (Å²) >= 11 is 0. The third kappa shape index (κ3) is 5.40. The number of hydrogen-bond acceptors (Lipinski definition) is 7. The molecule has 0 radical (unpaired) electrons. The molecule has 0 fully saturated rings. The second kappa shape index (κ2) is 9.86. The zero-order valence-electron chi connectivity index (χ0n) is 18.8. The maximum Gasteiger partial charge on any atom is 0.338 e. The lowest BCUT2D eigenvalue weighted by atomic mass is 10.0. The molecule has 33 heavy (non-hydrogen) atoms. The van der Waals surface area contributed by atoms with E-state index in [9.17, 15) is 18.0 Å². The molecular formula is C23H25N3O6S. The summed E-state index contributed by atoms with van der Waals surface area (Å²) < 4.78 is 39.1. The number of carbonyl (C=O) groups is 2. The smallest absolute Gasteiger partial charge is 0.338 e. The largest absolute Gasteiger partial charge is 0.462 e. The lowest BCUT2D eigenvalue weighted by molar-refractivity contribution is -0.114. The number of sulfonamides is 1. The normalized spacial score (nSPS) is 11.2. The van der Waals surface area contributed by atoms with Crippen LogP contribution in [0.2, 0.25) is 0 Å². The summed E-state index contributed by atoms with van der Waals surface area (Å²) in [5, 5.41) is 6.58. The van der Waals surface area contributed by atoms with Gasteiger partial charge in [0.1, 0.15) is 0 Å². The monoisotopic (exact) mass is 471 g/mol. The van der Waals surface area contributed by atoms with E-state index in [1.54, 1.807) is 26.0 Å². The molecule has 0 bridgehead atoms. The molecule has 0 spiro atoms. The van der Waals surface area contributed by atoms with E-state index < -0.39 is 16.0 Å². The van der Waals surface area contributed by atoms with Gasteiger partial charge in [-0.15, -0.1) is 0 Å². The number of anilines is 2. The predicted molar refractivity (Wildman–Crippen MR) is 124 cm³/mol. The van der Waals surface area contributed by atoms with Crippen molar-refractivity contribution in [3.8, 4) is 11.1 Å². The maximum absolute atomic E-state index is 13.2. The van der Waals surface area contributed by atoms with Crippen LogP contribution >= 0.6 is 0 Å². The minimum atomic E-state index is -3.96. The van der Waals surface area contributed by atoms with Crippen LogP contribution < -0.4 is 10.0 Å². The van der Waals surface area contributed by atoms with E-state index in [1.165, 1.54) is 37.3 Å². The topological polar surface area (TPSA) is 128 Å². The molecule has 2 aromatic carbocycles. The first kappa shape index (κ1) is 24.0. The fourth-order valence-corrected chi connectivity index (χ4v) is 4.58. The van der Waals surface area contributed by atoms with Crippen LogP contribution in [0.25, 0.3) is 11.1 Å². The van der Waals surface area contributed by atoms with Gasteiger partial charge in [0.05, 0.1) is 28.3 Å². The van der Waals surface area contributed by atoms with Gasteiger partial charge < -0.3 is 9.26 Å². The zero-order chi connectivity index (χ0) is 24.2. The molecule has 0 aliphatic rings. The summed E-state index contributed by atoms with van der Waals surface area (Å²) in [4.78, 5) is 23.4. The molecule has 0 atom stereocenters. The summed E-state index contributed by atoms with van der Waals surface area (Å²) in [6, 6.07) is 10.9. The summed E-state index contributed by atoms with van der Waals surface area (Å²) in [6.07, 6.45) is 0.527. The van der Waals surface area contributed by atoms with Crippen molar-refractivity contribution in [2.75, 3.05) is 16.6 Å². The van der Waals surface area contributed by atoms with Gasteiger partial charge in [0.15, 0.2) is 0 Å². The molecule has 1 heterocycles. The summed E-state index contributed by atoms with van der Waals surface area (Å²) in [7, 11) is -3.96. The number of hydrogen-bond donors (Lipinski definition) is 2. The van der Waals surface area contributed by atoms with Gasteiger partial charge >= 0.3 is 5.97 Å². The van der Waals surface area contributed by atoms with Crippen molar-refractivity contribution in [3.05, 3.63) is 59.3 Å². The van der Waals surface area contributed by atoms with Crippen molar-refractivity contribution in [1.82, 2.24) is 5.16 Å². The average Bonchev–Trinajstić information content (AvgIpc) is 3.16. The van der Waals surface area contributed by atoms with Gasteiger partial charge in [0.25, 0.3) is 10.0 Å². The Morgan fingerprint density at radius 2 is 1.79 bits per heavy atom. The maximum atomic E-state index is 13.2. The first-order valence-corrected chi connectivity index (χ1v) is 11.8. The van der Waals surface area contributed by atoms with Crippen LogP contribution in [-0.4, -0.2) is 32.1 Å². The number of nitrogens with zero attached hydrogens (tertiary/aromatic N) is 1. The highest BCUT2D eigenvalue weighted by Crippen LogP contribution is 2.34. The summed E-state index contributed by atoms with van der Waals surface area (Å²) in [5.74, 6) is -0.650. The second-order valence-electron chi connectivity index (χ2n) is 7.25. The highest BCUT2D eigenvalue weighted by Gasteiger charge is 2.23. The second-order valence-corrected chi connectivity index (χ2v) is 8.90. The van der Waals surface area contributed by atoms with E-state index in [2.05, 4.69) is 15.2 Å². The summed E-state index contributed by atoms with van der Waals surface area (Å²) in [6.45, 7) is 6.87. The molecule has 10 heteroatoms. The first-order valence-electron chi connectivity index (χ1n) is 10.3. The Labute approximate surface area is 192 Å². The highest BCUT2D eigenvalue weighted by atomic mass is 32.2. The lowest BCUT2D eigenvalue weighted by Gasteiger charge is -2.13. The SMILES string of the molecule is CCOC(=O)c1ccc(NS(=O)(=O)c2cc(-c3c(CC)noc3NC(C)=O)ccc2C)cc1.